The largest absolute Gasteiger partial charge is 0.481 e. The van der Waals surface area contributed by atoms with Crippen molar-refractivity contribution in [1.82, 2.24) is 34.9 Å². The van der Waals surface area contributed by atoms with Gasteiger partial charge in [-0.2, -0.15) is 23.4 Å². The van der Waals surface area contributed by atoms with Gasteiger partial charge in [-0.25, -0.2) is 19.3 Å². The molecule has 7 rings (SSSR count). The Kier molecular flexibility index (Phi) is 5.58. The van der Waals surface area contributed by atoms with E-state index in [1.807, 2.05) is 0 Å². The second kappa shape index (κ2) is 8.74. The zero-order valence-corrected chi connectivity index (χ0v) is 20.0. The number of aryl methyl sites for hydroxylation is 1. The highest BCUT2D eigenvalue weighted by atomic mass is 19.4. The molecule has 2 atom stereocenters. The minimum atomic E-state index is -4.64. The maximum atomic E-state index is 15.9. The molecule has 3 aliphatic carbocycles. The number of hydrogen-bond acceptors (Lipinski definition) is 7. The van der Waals surface area contributed by atoms with Crippen molar-refractivity contribution in [3.05, 3.63) is 36.0 Å². The molecule has 38 heavy (non-hydrogen) atoms. The lowest BCUT2D eigenvalue weighted by molar-refractivity contribution is -0.148. The van der Waals surface area contributed by atoms with Crippen LogP contribution in [-0.2, 0) is 18.0 Å². The van der Waals surface area contributed by atoms with Crippen LogP contribution in [0.5, 0.6) is 0 Å². The number of nitrogens with zero attached hydrogens (tertiary/aromatic N) is 6. The second-order valence-electron chi connectivity index (χ2n) is 9.86. The Balaban J connectivity index is 1.50. The first-order chi connectivity index (χ1) is 18.1. The minimum Gasteiger partial charge on any atom is -0.481 e. The number of rotatable bonds is 5. The molecule has 3 N–H and O–H groups in total. The average molecular weight is 530 g/mol. The molecule has 0 radical (unpaired) electrons. The van der Waals surface area contributed by atoms with Gasteiger partial charge in [-0.05, 0) is 43.6 Å². The average Bonchev–Trinajstić information content (AvgIpc) is 3.51. The molecule has 4 heterocycles. The lowest BCUT2D eigenvalue weighted by Crippen LogP contribution is -2.51. The Morgan fingerprint density at radius 3 is 2.55 bits per heavy atom. The highest BCUT2D eigenvalue weighted by Gasteiger charge is 2.47. The van der Waals surface area contributed by atoms with Crippen molar-refractivity contribution < 1.29 is 27.5 Å². The zero-order chi connectivity index (χ0) is 26.8. The van der Waals surface area contributed by atoms with Gasteiger partial charge in [0.05, 0.1) is 23.1 Å². The summed E-state index contributed by atoms with van der Waals surface area (Å²) in [6.45, 7) is 0. The molecule has 3 aliphatic rings. The van der Waals surface area contributed by atoms with E-state index >= 15 is 4.39 Å². The number of aromatic nitrogens is 7. The van der Waals surface area contributed by atoms with Crippen LogP contribution in [0.15, 0.2) is 24.7 Å². The Labute approximate surface area is 212 Å². The van der Waals surface area contributed by atoms with Crippen LogP contribution >= 0.6 is 0 Å². The van der Waals surface area contributed by atoms with Gasteiger partial charge in [-0.3, -0.25) is 14.6 Å². The van der Waals surface area contributed by atoms with Crippen molar-refractivity contribution in [2.24, 2.45) is 24.8 Å². The molecular weight excluding hydrogens is 508 g/mol. The predicted octanol–water partition coefficient (Wildman–Crippen LogP) is 4.27. The van der Waals surface area contributed by atoms with Gasteiger partial charge >= 0.3 is 12.1 Å². The molecule has 0 spiro atoms. The third-order valence-corrected chi connectivity index (χ3v) is 7.60. The van der Waals surface area contributed by atoms with Gasteiger partial charge in [0.1, 0.15) is 11.4 Å². The number of fused-ring (bicyclic) bond motifs is 4. The summed E-state index contributed by atoms with van der Waals surface area (Å²) in [6, 6.07) is 0.321. The standard InChI is InChI=1S/C24H22F4N8O2/c1-36-9-12(7-30-36)18-16(25)21(31-17-11-4-2-10(3-5-11)15(17)23(37)38)33-22(32-18)19-14-6-13(24(26,27)28)8-29-20(14)35-34-19/h6-11,15,17H,2-5H2,1H3,(H,37,38)(H,29,34,35)(H,31,32,33). The predicted molar refractivity (Wildman–Crippen MR) is 126 cm³/mol. The van der Waals surface area contributed by atoms with Crippen molar-refractivity contribution in [3.8, 4) is 22.8 Å². The van der Waals surface area contributed by atoms with Crippen molar-refractivity contribution in [1.29, 1.82) is 0 Å². The summed E-state index contributed by atoms with van der Waals surface area (Å²) in [6.07, 6.45) is 2.21. The number of anilines is 1. The fourth-order valence-electron chi connectivity index (χ4n) is 5.78. The van der Waals surface area contributed by atoms with Gasteiger partial charge in [-0.15, -0.1) is 0 Å². The highest BCUT2D eigenvalue weighted by Crippen LogP contribution is 2.46. The molecule has 4 aromatic rings. The molecule has 198 valence electrons. The second-order valence-corrected chi connectivity index (χ2v) is 9.86. The topological polar surface area (TPSA) is 134 Å². The summed E-state index contributed by atoms with van der Waals surface area (Å²) in [5.41, 5.74) is -0.778. The highest BCUT2D eigenvalue weighted by molar-refractivity contribution is 5.89. The minimum absolute atomic E-state index is 0.00823. The Hall–Kier alpha value is -4.10. The number of H-pyrrole nitrogens is 1. The van der Waals surface area contributed by atoms with Crippen LogP contribution < -0.4 is 5.32 Å². The monoisotopic (exact) mass is 530 g/mol. The number of aliphatic carboxylic acids is 1. The van der Waals surface area contributed by atoms with Crippen molar-refractivity contribution in [2.75, 3.05) is 5.32 Å². The SMILES string of the molecule is Cn1cc(-c2nc(-c3[nH]nc4ncc(C(F)(F)F)cc34)nc(NC3C4CCC(CC4)C3C(=O)O)c2F)cn1. The normalized spacial score (nSPS) is 23.2. The molecule has 3 fully saturated rings. The maximum Gasteiger partial charge on any atom is 0.417 e. The summed E-state index contributed by atoms with van der Waals surface area (Å²) in [5.74, 6) is -2.85. The molecule has 14 heteroatoms. The molecule has 2 bridgehead atoms. The molecule has 0 aliphatic heterocycles. The smallest absolute Gasteiger partial charge is 0.417 e. The van der Waals surface area contributed by atoms with Gasteiger partial charge in [0.2, 0.25) is 0 Å². The number of alkyl halides is 3. The first-order valence-electron chi connectivity index (χ1n) is 12.1. The number of nitrogens with one attached hydrogen (secondary N) is 2. The van der Waals surface area contributed by atoms with E-state index in [1.54, 1.807) is 7.05 Å². The van der Waals surface area contributed by atoms with Crippen LogP contribution in [0, 0.1) is 23.6 Å². The number of carboxylic acid groups (broad SMARTS) is 1. The van der Waals surface area contributed by atoms with Crippen LogP contribution in [0.1, 0.15) is 31.2 Å². The van der Waals surface area contributed by atoms with Gasteiger partial charge < -0.3 is 10.4 Å². The third kappa shape index (κ3) is 4.03. The van der Waals surface area contributed by atoms with E-state index in [4.69, 9.17) is 0 Å². The van der Waals surface area contributed by atoms with Crippen molar-refractivity contribution in [2.45, 2.75) is 37.9 Å². The van der Waals surface area contributed by atoms with Crippen LogP contribution in [0.4, 0.5) is 23.4 Å². The number of carbonyl (C=O) groups is 1. The fraction of sp³-hybridized carbons (Fsp3) is 0.417. The summed E-state index contributed by atoms with van der Waals surface area (Å²) >= 11 is 0. The van der Waals surface area contributed by atoms with Gasteiger partial charge in [-0.1, -0.05) is 0 Å². The molecular formula is C24H22F4N8O2. The summed E-state index contributed by atoms with van der Waals surface area (Å²) in [4.78, 5) is 24.6. The molecule has 0 saturated heterocycles. The fourth-order valence-corrected chi connectivity index (χ4v) is 5.78. The van der Waals surface area contributed by atoms with E-state index in [9.17, 15) is 23.1 Å². The molecule has 0 aromatic carbocycles. The molecule has 10 nitrogen and oxygen atoms in total. The number of halogens is 4. The van der Waals surface area contributed by atoms with E-state index in [1.165, 1.54) is 17.1 Å². The first kappa shape index (κ1) is 24.2. The van der Waals surface area contributed by atoms with E-state index in [-0.39, 0.29) is 45.9 Å². The molecule has 4 aromatic heterocycles. The summed E-state index contributed by atoms with van der Waals surface area (Å²) in [5, 5.41) is 23.7. The van der Waals surface area contributed by atoms with E-state index in [0.717, 1.165) is 31.7 Å². The van der Waals surface area contributed by atoms with Crippen molar-refractivity contribution >= 4 is 22.8 Å². The van der Waals surface area contributed by atoms with Gasteiger partial charge in [0.15, 0.2) is 23.1 Å². The van der Waals surface area contributed by atoms with Crippen LogP contribution in [0.25, 0.3) is 33.8 Å². The van der Waals surface area contributed by atoms with Crippen LogP contribution in [-0.4, -0.2) is 52.0 Å². The Morgan fingerprint density at radius 1 is 1.16 bits per heavy atom. The Morgan fingerprint density at radius 2 is 1.89 bits per heavy atom. The van der Waals surface area contributed by atoms with E-state index in [2.05, 4.69) is 35.6 Å². The lowest BCUT2D eigenvalue weighted by atomic mass is 9.61. The van der Waals surface area contributed by atoms with Crippen molar-refractivity contribution in [3.63, 3.8) is 0 Å². The van der Waals surface area contributed by atoms with Gasteiger partial charge in [0, 0.05) is 31.0 Å². The van der Waals surface area contributed by atoms with Crippen LogP contribution in [0.2, 0.25) is 0 Å². The molecule has 0 amide bonds. The number of carboxylic acids is 1. The van der Waals surface area contributed by atoms with E-state index < -0.39 is 35.5 Å². The lowest BCUT2D eigenvalue weighted by Gasteiger charge is -2.47. The number of aromatic amines is 1. The summed E-state index contributed by atoms with van der Waals surface area (Å²) < 4.78 is 57.5. The maximum absolute atomic E-state index is 15.9. The number of pyridine rings is 1. The quantitative estimate of drug-likeness (QED) is 0.326. The summed E-state index contributed by atoms with van der Waals surface area (Å²) in [7, 11) is 1.64. The van der Waals surface area contributed by atoms with Gasteiger partial charge in [0.25, 0.3) is 0 Å². The third-order valence-electron chi connectivity index (χ3n) is 7.60. The van der Waals surface area contributed by atoms with E-state index in [0.29, 0.717) is 11.8 Å². The molecule has 2 unspecified atom stereocenters. The molecule has 3 saturated carbocycles. The van der Waals surface area contributed by atoms with Crippen LogP contribution in [0.3, 0.4) is 0 Å². The zero-order valence-electron chi connectivity index (χ0n) is 20.0. The first-order valence-corrected chi connectivity index (χ1v) is 12.1. The number of hydrogen-bond donors (Lipinski definition) is 3. The Bertz CT molecular complexity index is 1540.